The molecule has 1 amide bonds. The number of ether oxygens (including phenoxy) is 1. The van der Waals surface area contributed by atoms with E-state index in [9.17, 15) is 9.59 Å². The Morgan fingerprint density at radius 1 is 1.29 bits per heavy atom. The second kappa shape index (κ2) is 5.07. The van der Waals surface area contributed by atoms with Crippen molar-refractivity contribution in [3.05, 3.63) is 0 Å². The van der Waals surface area contributed by atoms with E-state index in [1.807, 2.05) is 27.7 Å². The summed E-state index contributed by atoms with van der Waals surface area (Å²) in [6, 6.07) is 0.0764. The number of carbonyl (C=O) groups is 2. The predicted molar refractivity (Wildman–Crippen MR) is 65.8 cm³/mol. The normalized spacial score (nSPS) is 25.6. The molecular weight excluding hydrogens is 218 g/mol. The van der Waals surface area contributed by atoms with Crippen molar-refractivity contribution in [1.29, 1.82) is 0 Å². The van der Waals surface area contributed by atoms with Crippen LogP contribution in [0.15, 0.2) is 0 Å². The number of Topliss-reactive ketones (excluding diaryl/α,β-unsaturated/α-hetero) is 1. The van der Waals surface area contributed by atoms with Gasteiger partial charge in [-0.15, -0.1) is 0 Å². The molecule has 1 heterocycles. The van der Waals surface area contributed by atoms with Crippen LogP contribution in [-0.2, 0) is 9.53 Å². The molecule has 0 aliphatic carbocycles. The number of amides is 1. The number of ketones is 1. The van der Waals surface area contributed by atoms with E-state index in [1.165, 1.54) is 0 Å². The molecule has 17 heavy (non-hydrogen) atoms. The van der Waals surface area contributed by atoms with E-state index in [0.29, 0.717) is 6.54 Å². The minimum atomic E-state index is -0.464. The monoisotopic (exact) mass is 241 g/mol. The van der Waals surface area contributed by atoms with Crippen LogP contribution >= 0.6 is 0 Å². The summed E-state index contributed by atoms with van der Waals surface area (Å²) < 4.78 is 5.35. The van der Waals surface area contributed by atoms with Gasteiger partial charge in [0, 0.05) is 18.5 Å². The highest BCUT2D eigenvalue weighted by Crippen LogP contribution is 2.25. The summed E-state index contributed by atoms with van der Waals surface area (Å²) >= 11 is 0. The number of nitrogens with zero attached hydrogens (tertiary/aromatic N) is 1. The Kier molecular flexibility index (Phi) is 4.17. The summed E-state index contributed by atoms with van der Waals surface area (Å²) in [6.07, 6.45) is 1.22. The fourth-order valence-corrected chi connectivity index (χ4v) is 2.13. The Hall–Kier alpha value is -1.06. The average Bonchev–Trinajstić information content (AvgIpc) is 2.14. The molecule has 1 unspecified atom stereocenters. The van der Waals surface area contributed by atoms with Crippen molar-refractivity contribution in [2.75, 3.05) is 6.54 Å². The van der Waals surface area contributed by atoms with Gasteiger partial charge in [0.25, 0.3) is 0 Å². The molecule has 0 spiro atoms. The standard InChI is InChI=1S/C13H23NO3/c1-9-8-11(10(2)15)6-7-14(9)12(16)17-13(3,4)5/h9,11H,6-8H2,1-5H3/t9-,11?/m0/s1. The summed E-state index contributed by atoms with van der Waals surface area (Å²) in [5.41, 5.74) is -0.464. The zero-order valence-electron chi connectivity index (χ0n) is 11.4. The van der Waals surface area contributed by atoms with Gasteiger partial charge in [-0.1, -0.05) is 0 Å². The van der Waals surface area contributed by atoms with Crippen molar-refractivity contribution >= 4 is 11.9 Å². The van der Waals surface area contributed by atoms with Gasteiger partial charge in [-0.25, -0.2) is 4.79 Å². The Morgan fingerprint density at radius 3 is 2.29 bits per heavy atom. The van der Waals surface area contributed by atoms with Gasteiger partial charge in [-0.3, -0.25) is 4.79 Å². The third kappa shape index (κ3) is 4.02. The second-order valence-electron chi connectivity index (χ2n) is 5.85. The van der Waals surface area contributed by atoms with Gasteiger partial charge in [0.2, 0.25) is 0 Å². The number of hydrogen-bond acceptors (Lipinski definition) is 3. The number of carbonyl (C=O) groups excluding carboxylic acids is 2. The molecule has 1 rings (SSSR count). The summed E-state index contributed by atoms with van der Waals surface area (Å²) in [5, 5.41) is 0. The third-order valence-electron chi connectivity index (χ3n) is 3.08. The van der Waals surface area contributed by atoms with Crippen LogP contribution in [0, 0.1) is 5.92 Å². The van der Waals surface area contributed by atoms with Crippen molar-refractivity contribution in [2.45, 2.75) is 59.1 Å². The molecule has 0 aromatic rings. The number of rotatable bonds is 1. The van der Waals surface area contributed by atoms with E-state index in [4.69, 9.17) is 4.74 Å². The first-order chi connectivity index (χ1) is 7.70. The van der Waals surface area contributed by atoms with E-state index in [0.717, 1.165) is 12.8 Å². The zero-order valence-corrected chi connectivity index (χ0v) is 11.4. The highest BCUT2D eigenvalue weighted by atomic mass is 16.6. The lowest BCUT2D eigenvalue weighted by atomic mass is 9.89. The van der Waals surface area contributed by atoms with Gasteiger partial charge in [-0.2, -0.15) is 0 Å². The van der Waals surface area contributed by atoms with E-state index in [2.05, 4.69) is 0 Å². The van der Waals surface area contributed by atoms with Crippen LogP contribution in [0.5, 0.6) is 0 Å². The van der Waals surface area contributed by atoms with Crippen molar-refractivity contribution in [2.24, 2.45) is 5.92 Å². The fraction of sp³-hybridized carbons (Fsp3) is 0.846. The smallest absolute Gasteiger partial charge is 0.410 e. The van der Waals surface area contributed by atoms with Crippen LogP contribution < -0.4 is 0 Å². The molecular formula is C13H23NO3. The molecule has 0 radical (unpaired) electrons. The molecule has 0 aromatic heterocycles. The molecule has 1 aliphatic heterocycles. The first-order valence-electron chi connectivity index (χ1n) is 6.21. The van der Waals surface area contributed by atoms with Crippen LogP contribution in [0.2, 0.25) is 0 Å². The predicted octanol–water partition coefficient (Wildman–Crippen LogP) is 2.61. The minimum absolute atomic E-state index is 0.0764. The molecule has 1 fully saturated rings. The molecule has 0 N–H and O–H groups in total. The minimum Gasteiger partial charge on any atom is -0.444 e. The van der Waals surface area contributed by atoms with Gasteiger partial charge >= 0.3 is 6.09 Å². The van der Waals surface area contributed by atoms with Gasteiger partial charge in [-0.05, 0) is 47.5 Å². The van der Waals surface area contributed by atoms with Crippen LogP contribution in [0.3, 0.4) is 0 Å². The molecule has 0 aromatic carbocycles. The second-order valence-corrected chi connectivity index (χ2v) is 5.85. The number of piperidine rings is 1. The van der Waals surface area contributed by atoms with Crippen molar-refractivity contribution < 1.29 is 14.3 Å². The highest BCUT2D eigenvalue weighted by molar-refractivity contribution is 5.79. The lowest BCUT2D eigenvalue weighted by Gasteiger charge is -2.37. The Bertz CT molecular complexity index is 306. The Balaban J connectivity index is 2.58. The molecule has 4 heteroatoms. The largest absolute Gasteiger partial charge is 0.444 e. The Morgan fingerprint density at radius 2 is 1.88 bits per heavy atom. The van der Waals surface area contributed by atoms with Gasteiger partial charge in [0.1, 0.15) is 11.4 Å². The molecule has 1 saturated heterocycles. The molecule has 4 nitrogen and oxygen atoms in total. The van der Waals surface area contributed by atoms with Crippen molar-refractivity contribution in [1.82, 2.24) is 4.90 Å². The molecule has 1 aliphatic rings. The molecule has 0 bridgehead atoms. The van der Waals surface area contributed by atoms with Crippen LogP contribution in [0.4, 0.5) is 4.79 Å². The maximum absolute atomic E-state index is 11.9. The van der Waals surface area contributed by atoms with E-state index in [1.54, 1.807) is 11.8 Å². The van der Waals surface area contributed by atoms with Crippen molar-refractivity contribution in [3.63, 3.8) is 0 Å². The maximum atomic E-state index is 11.9. The third-order valence-corrected chi connectivity index (χ3v) is 3.08. The number of hydrogen-bond donors (Lipinski definition) is 0. The maximum Gasteiger partial charge on any atom is 0.410 e. The fourth-order valence-electron chi connectivity index (χ4n) is 2.13. The Labute approximate surface area is 103 Å². The van der Waals surface area contributed by atoms with Crippen LogP contribution in [0.1, 0.15) is 47.5 Å². The topological polar surface area (TPSA) is 46.6 Å². The average molecular weight is 241 g/mol. The molecule has 0 saturated carbocycles. The first-order valence-corrected chi connectivity index (χ1v) is 6.21. The first kappa shape index (κ1) is 14.0. The summed E-state index contributed by atoms with van der Waals surface area (Å²) in [4.78, 5) is 25.0. The quantitative estimate of drug-likeness (QED) is 0.709. The summed E-state index contributed by atoms with van der Waals surface area (Å²) in [5.74, 6) is 0.323. The van der Waals surface area contributed by atoms with Crippen LogP contribution in [-0.4, -0.2) is 35.0 Å². The SMILES string of the molecule is CC(=O)C1CCN(C(=O)OC(C)(C)C)[C@@H](C)C1. The lowest BCUT2D eigenvalue weighted by molar-refractivity contribution is -0.122. The van der Waals surface area contributed by atoms with Gasteiger partial charge in [0.15, 0.2) is 0 Å². The highest BCUT2D eigenvalue weighted by Gasteiger charge is 2.33. The molecule has 98 valence electrons. The van der Waals surface area contributed by atoms with Crippen molar-refractivity contribution in [3.8, 4) is 0 Å². The van der Waals surface area contributed by atoms with Gasteiger partial charge in [0.05, 0.1) is 0 Å². The van der Waals surface area contributed by atoms with E-state index >= 15 is 0 Å². The lowest BCUT2D eigenvalue weighted by Crippen LogP contribution is -2.47. The van der Waals surface area contributed by atoms with E-state index < -0.39 is 5.60 Å². The van der Waals surface area contributed by atoms with Crippen LogP contribution in [0.25, 0.3) is 0 Å². The summed E-state index contributed by atoms with van der Waals surface area (Å²) in [7, 11) is 0. The summed E-state index contributed by atoms with van der Waals surface area (Å²) in [6.45, 7) is 9.79. The number of likely N-dealkylation sites (tertiary alicyclic amines) is 1. The van der Waals surface area contributed by atoms with Gasteiger partial charge < -0.3 is 9.64 Å². The van der Waals surface area contributed by atoms with E-state index in [-0.39, 0.29) is 23.8 Å². The zero-order chi connectivity index (χ0) is 13.2. The molecule has 2 atom stereocenters.